The Morgan fingerprint density at radius 2 is 1.81 bits per heavy atom. The first-order valence-corrected chi connectivity index (χ1v) is 4.41. The van der Waals surface area contributed by atoms with Gasteiger partial charge >= 0.3 is 35.0 Å². The summed E-state index contributed by atoms with van der Waals surface area (Å²) in [6, 6.07) is 0. The van der Waals surface area contributed by atoms with Crippen LogP contribution in [-0.4, -0.2) is 57.8 Å². The summed E-state index contributed by atoms with van der Waals surface area (Å²) in [7, 11) is 0. The first-order valence-electron chi connectivity index (χ1n) is 4.41. The van der Waals surface area contributed by atoms with E-state index in [1.165, 1.54) is 6.92 Å². The first-order chi connectivity index (χ1) is 6.93. The molecule has 0 saturated carbocycles. The Bertz CT molecular complexity index is 205. The van der Waals surface area contributed by atoms with Gasteiger partial charge in [-0.3, -0.25) is 14.4 Å². The minimum atomic E-state index is -1.06. The monoisotopic (exact) mass is 246 g/mol. The second-order valence-corrected chi connectivity index (χ2v) is 2.67. The minimum absolute atomic E-state index is 0. The van der Waals surface area contributed by atoms with Crippen LogP contribution < -0.4 is 0 Å². The number of Topliss-reactive ketones (excluding diaryl/α,β-unsaturated/α-hetero) is 1. The summed E-state index contributed by atoms with van der Waals surface area (Å²) in [5.41, 5.74) is 0. The van der Waals surface area contributed by atoms with Crippen LogP contribution in [0.5, 0.6) is 0 Å². The van der Waals surface area contributed by atoms with Crippen LogP contribution in [-0.2, 0) is 19.1 Å². The molecule has 0 aromatic carbocycles. The van der Waals surface area contributed by atoms with Gasteiger partial charge in [-0.1, -0.05) is 6.92 Å². The molecule has 0 aliphatic rings. The Morgan fingerprint density at radius 1 is 1.31 bits per heavy atom. The molecule has 6 nitrogen and oxygen atoms in total. The van der Waals surface area contributed by atoms with Gasteiger partial charge in [-0.2, -0.15) is 0 Å². The number of esters is 1. The molecule has 92 valence electrons. The number of carboxylic acids is 1. The number of aliphatic carboxylic acids is 1. The molecular weight excluding hydrogens is 228 g/mol. The average Bonchev–Trinajstić information content (AvgIpc) is 2.03. The van der Waals surface area contributed by atoms with E-state index in [4.69, 9.17) is 10.2 Å². The molecule has 0 radical (unpaired) electrons. The Kier molecular flexibility index (Phi) is 18.6. The van der Waals surface area contributed by atoms with Crippen molar-refractivity contribution in [3.63, 3.8) is 0 Å². The van der Waals surface area contributed by atoms with Crippen LogP contribution in [0.25, 0.3) is 0 Å². The second kappa shape index (κ2) is 14.3. The molecule has 0 saturated heterocycles. The third kappa shape index (κ3) is 23.3. The zero-order valence-corrected chi connectivity index (χ0v) is 11.0. The van der Waals surface area contributed by atoms with E-state index in [9.17, 15) is 14.4 Å². The SMILES string of the molecule is CC(=O)CC(=O)O.CCCC(=O)OCO.[H-].[H-].[Mg+2]. The summed E-state index contributed by atoms with van der Waals surface area (Å²) < 4.78 is 4.20. The Balaban J connectivity index is -0.0000000540. The van der Waals surface area contributed by atoms with E-state index >= 15 is 0 Å². The van der Waals surface area contributed by atoms with Gasteiger partial charge in [0.1, 0.15) is 12.2 Å². The fraction of sp³-hybridized carbons (Fsp3) is 0.667. The van der Waals surface area contributed by atoms with E-state index in [-0.39, 0.29) is 44.1 Å². The maximum absolute atomic E-state index is 10.3. The summed E-state index contributed by atoms with van der Waals surface area (Å²) >= 11 is 0. The number of ketones is 1. The largest absolute Gasteiger partial charge is 2.00 e. The summed E-state index contributed by atoms with van der Waals surface area (Å²) in [6.07, 6.45) is 0.791. The van der Waals surface area contributed by atoms with E-state index in [1.807, 2.05) is 6.92 Å². The van der Waals surface area contributed by atoms with E-state index in [2.05, 4.69) is 4.74 Å². The van der Waals surface area contributed by atoms with Gasteiger partial charge in [0, 0.05) is 6.42 Å². The van der Waals surface area contributed by atoms with Crippen LogP contribution in [0.15, 0.2) is 0 Å². The van der Waals surface area contributed by atoms with Crippen LogP contribution >= 0.6 is 0 Å². The number of hydrogen-bond donors (Lipinski definition) is 2. The number of ether oxygens (including phenoxy) is 1. The molecule has 0 unspecified atom stereocenters. The quantitative estimate of drug-likeness (QED) is 0.310. The normalized spacial score (nSPS) is 7.94. The van der Waals surface area contributed by atoms with Crippen molar-refractivity contribution in [1.82, 2.24) is 0 Å². The fourth-order valence-corrected chi connectivity index (χ4v) is 0.561. The molecule has 2 N–H and O–H groups in total. The van der Waals surface area contributed by atoms with Crippen molar-refractivity contribution in [3.8, 4) is 0 Å². The Morgan fingerprint density at radius 3 is 2.00 bits per heavy atom. The van der Waals surface area contributed by atoms with Crippen molar-refractivity contribution in [3.05, 3.63) is 0 Å². The maximum Gasteiger partial charge on any atom is 2.00 e. The molecule has 0 fully saturated rings. The molecule has 0 aliphatic carbocycles. The van der Waals surface area contributed by atoms with Gasteiger partial charge in [0.2, 0.25) is 0 Å². The Labute approximate surface area is 113 Å². The molecule has 0 amide bonds. The summed E-state index contributed by atoms with van der Waals surface area (Å²) in [6.45, 7) is 2.62. The van der Waals surface area contributed by atoms with Gasteiger partial charge in [-0.25, -0.2) is 0 Å². The third-order valence-corrected chi connectivity index (χ3v) is 1.08. The van der Waals surface area contributed by atoms with Crippen LogP contribution in [0.2, 0.25) is 0 Å². The van der Waals surface area contributed by atoms with Crippen molar-refractivity contribution < 1.29 is 32.2 Å². The second-order valence-electron chi connectivity index (χ2n) is 2.67. The number of hydrogen-bond acceptors (Lipinski definition) is 5. The minimum Gasteiger partial charge on any atom is -1.00 e. The molecule has 0 aliphatic heterocycles. The number of carbonyl (C=O) groups is 3. The van der Waals surface area contributed by atoms with E-state index in [0.717, 1.165) is 6.42 Å². The summed E-state index contributed by atoms with van der Waals surface area (Å²) in [5, 5.41) is 15.9. The van der Waals surface area contributed by atoms with E-state index in [1.54, 1.807) is 0 Å². The molecule has 0 aromatic heterocycles. The molecule has 0 spiro atoms. The number of carboxylic acid groups (broad SMARTS) is 1. The Hall–Kier alpha value is -0.664. The topological polar surface area (TPSA) is 101 Å². The van der Waals surface area contributed by atoms with Crippen LogP contribution in [0.4, 0.5) is 0 Å². The zero-order chi connectivity index (χ0) is 12.3. The number of aliphatic hydroxyl groups excluding tert-OH is 1. The van der Waals surface area contributed by atoms with Crippen LogP contribution in [0, 0.1) is 0 Å². The summed E-state index contributed by atoms with van der Waals surface area (Å²) in [4.78, 5) is 29.7. The van der Waals surface area contributed by atoms with Gasteiger partial charge < -0.3 is 17.8 Å². The zero-order valence-electron chi connectivity index (χ0n) is 11.6. The predicted molar refractivity (Wildman–Crippen MR) is 59.0 cm³/mol. The third-order valence-electron chi connectivity index (χ3n) is 1.08. The first kappa shape index (κ1) is 20.7. The molecule has 7 heteroatoms. The van der Waals surface area contributed by atoms with E-state index < -0.39 is 12.8 Å². The number of rotatable bonds is 5. The molecule has 0 heterocycles. The van der Waals surface area contributed by atoms with Crippen molar-refractivity contribution in [2.75, 3.05) is 6.79 Å². The summed E-state index contributed by atoms with van der Waals surface area (Å²) in [5.74, 6) is -1.71. The van der Waals surface area contributed by atoms with Gasteiger partial charge in [-0.05, 0) is 13.3 Å². The molecule has 0 aromatic rings. The van der Waals surface area contributed by atoms with Crippen LogP contribution in [0.1, 0.15) is 36.0 Å². The number of carbonyl (C=O) groups excluding carboxylic acids is 2. The molecule has 0 bridgehead atoms. The maximum atomic E-state index is 10.3. The molecular formula is C9H18MgO6. The van der Waals surface area contributed by atoms with Gasteiger partial charge in [0.15, 0.2) is 6.79 Å². The number of aliphatic hydroxyl groups is 1. The standard InChI is InChI=1S/C5H10O3.C4H6O3.Mg.2H/c1-2-3-5(7)8-4-6;1-3(5)2-4(6)7;;;/h6H,2-4H2,1H3;2H2,1H3,(H,6,7);;;/q;;+2;2*-1. The van der Waals surface area contributed by atoms with Crippen molar-refractivity contribution in [2.24, 2.45) is 0 Å². The van der Waals surface area contributed by atoms with Crippen molar-refractivity contribution >= 4 is 40.8 Å². The van der Waals surface area contributed by atoms with E-state index in [0.29, 0.717) is 6.42 Å². The predicted octanol–water partition coefficient (Wildman–Crippen LogP) is 0.174. The fourth-order valence-electron chi connectivity index (χ4n) is 0.561. The molecule has 16 heavy (non-hydrogen) atoms. The van der Waals surface area contributed by atoms with Crippen molar-refractivity contribution in [1.29, 1.82) is 0 Å². The smallest absolute Gasteiger partial charge is 1.00 e. The molecule has 0 rings (SSSR count). The molecule has 0 atom stereocenters. The van der Waals surface area contributed by atoms with Crippen molar-refractivity contribution in [2.45, 2.75) is 33.1 Å². The van der Waals surface area contributed by atoms with Gasteiger partial charge in [0.25, 0.3) is 0 Å². The van der Waals surface area contributed by atoms with Crippen LogP contribution in [0.3, 0.4) is 0 Å². The van der Waals surface area contributed by atoms with Gasteiger partial charge in [0.05, 0.1) is 0 Å². The van der Waals surface area contributed by atoms with Gasteiger partial charge in [-0.15, -0.1) is 0 Å². The average molecular weight is 247 g/mol.